The van der Waals surface area contributed by atoms with Crippen molar-refractivity contribution in [2.75, 3.05) is 5.32 Å². The zero-order chi connectivity index (χ0) is 18.7. The molecule has 1 aromatic carbocycles. The minimum Gasteiger partial charge on any atom is -0.352 e. The highest BCUT2D eigenvalue weighted by Crippen LogP contribution is 2.22. The average Bonchev–Trinajstić information content (AvgIpc) is 3.06. The van der Waals surface area contributed by atoms with Crippen LogP contribution in [0.3, 0.4) is 0 Å². The quantitative estimate of drug-likeness (QED) is 0.511. The Morgan fingerprint density at radius 1 is 1.19 bits per heavy atom. The Bertz CT molecular complexity index is 978. The maximum atomic E-state index is 12.5. The molecule has 2 aromatic rings. The summed E-state index contributed by atoms with van der Waals surface area (Å²) in [7, 11) is 0. The predicted molar refractivity (Wildman–Crippen MR) is 101 cm³/mol. The van der Waals surface area contributed by atoms with Crippen LogP contribution in [0.25, 0.3) is 5.69 Å². The Kier molecular flexibility index (Phi) is 4.70. The van der Waals surface area contributed by atoms with Crippen LogP contribution in [0, 0.1) is 6.92 Å². The lowest BCUT2D eigenvalue weighted by Gasteiger charge is -2.16. The summed E-state index contributed by atoms with van der Waals surface area (Å²) in [6.07, 6.45) is 6.00. The van der Waals surface area contributed by atoms with Crippen molar-refractivity contribution in [1.29, 1.82) is 0 Å². The highest BCUT2D eigenvalue weighted by molar-refractivity contribution is 6.23. The lowest BCUT2D eigenvalue weighted by Crippen LogP contribution is -2.21. The maximum Gasteiger partial charge on any atom is 0.207 e. The molecule has 0 atom stereocenters. The van der Waals surface area contributed by atoms with Crippen LogP contribution in [-0.2, 0) is 9.59 Å². The van der Waals surface area contributed by atoms with Gasteiger partial charge in [-0.05, 0) is 44.8 Å². The van der Waals surface area contributed by atoms with Gasteiger partial charge in [0.15, 0.2) is 0 Å². The molecule has 1 N–H and O–H groups in total. The largest absolute Gasteiger partial charge is 0.352 e. The summed E-state index contributed by atoms with van der Waals surface area (Å²) in [5, 5.41) is 3.00. The summed E-state index contributed by atoms with van der Waals surface area (Å²) >= 11 is 0. The van der Waals surface area contributed by atoms with Crippen LogP contribution in [0.1, 0.15) is 12.7 Å². The first-order chi connectivity index (χ1) is 12.5. The number of nitrogens with zero attached hydrogens (tertiary/aromatic N) is 4. The third kappa shape index (κ3) is 3.27. The summed E-state index contributed by atoms with van der Waals surface area (Å²) < 4.78 is 1.95. The summed E-state index contributed by atoms with van der Waals surface area (Å²) in [4.78, 5) is 36.2. The molecule has 0 radical (unpaired) electrons. The van der Waals surface area contributed by atoms with Gasteiger partial charge in [0.05, 0.1) is 5.70 Å². The molecular formula is C19H17N5O2. The van der Waals surface area contributed by atoms with Crippen LogP contribution >= 0.6 is 0 Å². The minimum absolute atomic E-state index is 0.0823. The molecule has 0 spiro atoms. The van der Waals surface area contributed by atoms with E-state index in [4.69, 9.17) is 0 Å². The van der Waals surface area contributed by atoms with Gasteiger partial charge in [0, 0.05) is 35.4 Å². The molecule has 1 heterocycles. The first kappa shape index (κ1) is 17.2. The van der Waals surface area contributed by atoms with Crippen LogP contribution in [0.5, 0.6) is 0 Å². The third-order valence-corrected chi connectivity index (χ3v) is 3.97. The zero-order valence-corrected chi connectivity index (χ0v) is 14.4. The normalized spacial score (nSPS) is 14.8. The third-order valence-electron chi connectivity index (χ3n) is 3.97. The lowest BCUT2D eigenvalue weighted by molar-refractivity contribution is -0.115. The predicted octanol–water partition coefficient (Wildman–Crippen LogP) is 2.63. The van der Waals surface area contributed by atoms with Crippen molar-refractivity contribution in [3.63, 3.8) is 0 Å². The van der Waals surface area contributed by atoms with Crippen LogP contribution < -0.4 is 5.32 Å². The molecule has 0 bridgehead atoms. The Morgan fingerprint density at radius 2 is 1.92 bits per heavy atom. The molecule has 1 aliphatic rings. The van der Waals surface area contributed by atoms with Crippen LogP contribution in [0.2, 0.25) is 0 Å². The first-order valence-electron chi connectivity index (χ1n) is 7.88. The number of benzene rings is 1. The van der Waals surface area contributed by atoms with Gasteiger partial charge in [-0.3, -0.25) is 14.6 Å². The van der Waals surface area contributed by atoms with E-state index in [9.17, 15) is 9.59 Å². The molecule has 1 aromatic heterocycles. The summed E-state index contributed by atoms with van der Waals surface area (Å²) in [6, 6.07) is 7.48. The molecule has 1 aliphatic carbocycles. The number of aliphatic imine (C=N–C) groups is 2. The van der Waals surface area contributed by atoms with Crippen LogP contribution in [-0.4, -0.2) is 34.2 Å². The number of ketones is 2. The van der Waals surface area contributed by atoms with Gasteiger partial charge in [0.2, 0.25) is 11.6 Å². The maximum absolute atomic E-state index is 12.5. The number of carbonyl (C=O) groups excluding carboxylic acids is 2. The van der Waals surface area contributed by atoms with E-state index in [2.05, 4.69) is 27.0 Å². The minimum atomic E-state index is -0.352. The number of hydrogen-bond acceptors (Lipinski definition) is 5. The molecular weight excluding hydrogens is 330 g/mol. The van der Waals surface area contributed by atoms with Crippen molar-refractivity contribution < 1.29 is 9.59 Å². The van der Waals surface area contributed by atoms with E-state index in [1.165, 1.54) is 6.08 Å². The van der Waals surface area contributed by atoms with Crippen molar-refractivity contribution in [1.82, 2.24) is 9.55 Å². The first-order valence-corrected chi connectivity index (χ1v) is 7.88. The number of aryl methyl sites for hydroxylation is 1. The standard InChI is InChI=1S/C19H17N5O2/c1-12-18(22-11-20-3)17(25)10-16(19(12)26)23-14-4-6-15(7-5-14)24-9-8-21-13(24)2/h4-11,23H,3H2,1-2H3/b22-11-. The van der Waals surface area contributed by atoms with E-state index in [1.807, 2.05) is 42.0 Å². The second-order valence-electron chi connectivity index (χ2n) is 5.67. The van der Waals surface area contributed by atoms with Crippen molar-refractivity contribution in [3.05, 3.63) is 65.5 Å². The topological polar surface area (TPSA) is 88.7 Å². The van der Waals surface area contributed by atoms with E-state index < -0.39 is 0 Å². The molecule has 3 rings (SSSR count). The fraction of sp³-hybridized carbons (Fsp3) is 0.105. The Labute approximate surface area is 150 Å². The van der Waals surface area contributed by atoms with E-state index in [0.29, 0.717) is 5.69 Å². The molecule has 0 unspecified atom stereocenters. The van der Waals surface area contributed by atoms with Crippen molar-refractivity contribution in [3.8, 4) is 5.69 Å². The van der Waals surface area contributed by atoms with Crippen LogP contribution in [0.4, 0.5) is 5.69 Å². The number of anilines is 1. The van der Waals surface area contributed by atoms with Gasteiger partial charge < -0.3 is 9.88 Å². The number of carbonyl (C=O) groups is 2. The van der Waals surface area contributed by atoms with Crippen molar-refractivity contribution in [2.45, 2.75) is 13.8 Å². The Balaban J connectivity index is 1.80. The second kappa shape index (κ2) is 7.10. The zero-order valence-electron chi connectivity index (χ0n) is 14.4. The SMILES string of the molecule is C=N/C=N\C1=C(C)C(=O)C(Nc2ccc(-n3ccnc3C)cc2)=CC1=O. The fourth-order valence-corrected chi connectivity index (χ4v) is 2.62. The number of allylic oxidation sites excluding steroid dienone is 2. The van der Waals surface area contributed by atoms with Gasteiger partial charge in [0.25, 0.3) is 0 Å². The lowest BCUT2D eigenvalue weighted by atomic mass is 9.98. The van der Waals surface area contributed by atoms with Gasteiger partial charge in [-0.1, -0.05) is 0 Å². The molecule has 0 amide bonds. The van der Waals surface area contributed by atoms with Crippen LogP contribution in [0.15, 0.2) is 69.7 Å². The molecule has 7 heteroatoms. The molecule has 0 fully saturated rings. The molecule has 7 nitrogen and oxygen atoms in total. The average molecular weight is 347 g/mol. The second-order valence-corrected chi connectivity index (χ2v) is 5.67. The number of nitrogens with one attached hydrogen (secondary N) is 1. The number of hydrogen-bond donors (Lipinski definition) is 1. The summed E-state index contributed by atoms with van der Waals surface area (Å²) in [5.41, 5.74) is 2.22. The Morgan fingerprint density at radius 3 is 2.54 bits per heavy atom. The van der Waals surface area contributed by atoms with E-state index in [1.54, 1.807) is 13.1 Å². The van der Waals surface area contributed by atoms with E-state index in [-0.39, 0.29) is 28.5 Å². The monoisotopic (exact) mass is 347 g/mol. The van der Waals surface area contributed by atoms with Gasteiger partial charge in [0.1, 0.15) is 17.9 Å². The highest BCUT2D eigenvalue weighted by atomic mass is 16.1. The summed E-state index contributed by atoms with van der Waals surface area (Å²) in [6.45, 7) is 6.75. The van der Waals surface area contributed by atoms with Crippen molar-refractivity contribution >= 4 is 30.3 Å². The van der Waals surface area contributed by atoms with Gasteiger partial charge in [-0.2, -0.15) is 0 Å². The number of Topliss-reactive ketones (excluding diaryl/α,β-unsaturated/α-hetero) is 1. The smallest absolute Gasteiger partial charge is 0.207 e. The number of aromatic nitrogens is 2. The van der Waals surface area contributed by atoms with E-state index in [0.717, 1.165) is 17.9 Å². The molecule has 0 saturated heterocycles. The fourth-order valence-electron chi connectivity index (χ4n) is 2.62. The molecule has 0 aliphatic heterocycles. The summed E-state index contributed by atoms with van der Waals surface area (Å²) in [5.74, 6) is 0.245. The van der Waals surface area contributed by atoms with Gasteiger partial charge in [-0.25, -0.2) is 9.98 Å². The molecule has 0 saturated carbocycles. The molecule has 26 heavy (non-hydrogen) atoms. The number of rotatable bonds is 5. The highest BCUT2D eigenvalue weighted by Gasteiger charge is 2.25. The molecule has 130 valence electrons. The van der Waals surface area contributed by atoms with Crippen molar-refractivity contribution in [2.24, 2.45) is 9.98 Å². The van der Waals surface area contributed by atoms with Gasteiger partial charge >= 0.3 is 0 Å². The van der Waals surface area contributed by atoms with Gasteiger partial charge in [-0.15, -0.1) is 0 Å². The number of imidazole rings is 1. The Hall–Kier alpha value is -3.61. The van der Waals surface area contributed by atoms with E-state index >= 15 is 0 Å².